The first-order valence-electron chi connectivity index (χ1n) is 7.18. The minimum atomic E-state index is -0.781. The number of imide groups is 1. The zero-order valence-electron chi connectivity index (χ0n) is 13.0. The van der Waals surface area contributed by atoms with Gasteiger partial charge < -0.3 is 10.6 Å². The van der Waals surface area contributed by atoms with Crippen molar-refractivity contribution < 1.29 is 19.2 Å². The molecule has 1 aliphatic rings. The van der Waals surface area contributed by atoms with Gasteiger partial charge in [-0.25, -0.2) is 0 Å². The largest absolute Gasteiger partial charge is 0.355 e. The molecular formula is C15H15Cl2N3O4. The third-order valence-electron chi connectivity index (χ3n) is 3.44. The average Bonchev–Trinajstić information content (AvgIpc) is 2.73. The predicted molar refractivity (Wildman–Crippen MR) is 88.1 cm³/mol. The van der Waals surface area contributed by atoms with Gasteiger partial charge in [-0.05, 0) is 26.0 Å². The minimum absolute atomic E-state index is 0.0963. The van der Waals surface area contributed by atoms with Crippen LogP contribution in [0.1, 0.15) is 34.6 Å². The Balaban J connectivity index is 2.09. The lowest BCUT2D eigenvalue weighted by Crippen LogP contribution is -2.48. The summed E-state index contributed by atoms with van der Waals surface area (Å²) in [5, 5.41) is 5.28. The van der Waals surface area contributed by atoms with Gasteiger partial charge in [0.05, 0.1) is 21.2 Å². The van der Waals surface area contributed by atoms with E-state index in [1.807, 2.05) is 0 Å². The van der Waals surface area contributed by atoms with Crippen LogP contribution >= 0.6 is 23.2 Å². The zero-order chi connectivity index (χ0) is 18.0. The normalized spacial score (nSPS) is 14.4. The summed E-state index contributed by atoms with van der Waals surface area (Å²) in [5.74, 6) is -2.24. The standard InChI is InChI=1S/C15H15Cl2N3O4/c1-3-18-13(22)7(2)19-12(21)6-20-14(23)8-4-10(16)11(17)5-9(8)15(20)24/h4-5,7H,3,6H2,1-2H3,(H,18,22)(H,19,21)/t7-/m0/s1. The van der Waals surface area contributed by atoms with Gasteiger partial charge >= 0.3 is 0 Å². The van der Waals surface area contributed by atoms with E-state index in [-0.39, 0.29) is 27.1 Å². The first-order chi connectivity index (χ1) is 11.3. The summed E-state index contributed by atoms with van der Waals surface area (Å²) in [6.45, 7) is 3.19. The van der Waals surface area contributed by atoms with Crippen LogP contribution in [0, 0.1) is 0 Å². The summed E-state index contributed by atoms with van der Waals surface area (Å²) < 4.78 is 0. The second-order valence-corrected chi connectivity index (χ2v) is 6.01. The molecule has 0 saturated carbocycles. The van der Waals surface area contributed by atoms with Crippen LogP contribution < -0.4 is 10.6 Å². The van der Waals surface area contributed by atoms with E-state index in [4.69, 9.17) is 23.2 Å². The van der Waals surface area contributed by atoms with Gasteiger partial charge in [0.15, 0.2) is 0 Å². The Bertz CT molecular complexity index is 695. The maximum Gasteiger partial charge on any atom is 0.262 e. The van der Waals surface area contributed by atoms with Crippen LogP contribution in [-0.4, -0.2) is 47.7 Å². The summed E-state index contributed by atoms with van der Waals surface area (Å²) >= 11 is 11.7. The number of hydrogen-bond acceptors (Lipinski definition) is 4. The molecule has 0 radical (unpaired) electrons. The van der Waals surface area contributed by atoms with E-state index < -0.39 is 30.3 Å². The van der Waals surface area contributed by atoms with Crippen molar-refractivity contribution >= 4 is 46.8 Å². The van der Waals surface area contributed by atoms with Crippen molar-refractivity contribution in [1.82, 2.24) is 15.5 Å². The fraction of sp³-hybridized carbons (Fsp3) is 0.333. The van der Waals surface area contributed by atoms with Crippen molar-refractivity contribution in [2.24, 2.45) is 0 Å². The fourth-order valence-electron chi connectivity index (χ4n) is 2.25. The number of halogens is 2. The number of hydrogen-bond donors (Lipinski definition) is 2. The molecule has 0 aliphatic carbocycles. The lowest BCUT2D eigenvalue weighted by Gasteiger charge is -2.17. The topological polar surface area (TPSA) is 95.6 Å². The third-order valence-corrected chi connectivity index (χ3v) is 4.16. The van der Waals surface area contributed by atoms with Gasteiger partial charge in [-0.3, -0.25) is 24.1 Å². The van der Waals surface area contributed by atoms with Crippen LogP contribution in [0.3, 0.4) is 0 Å². The first kappa shape index (κ1) is 18.2. The monoisotopic (exact) mass is 371 g/mol. The van der Waals surface area contributed by atoms with Crippen LogP contribution in [-0.2, 0) is 9.59 Å². The van der Waals surface area contributed by atoms with E-state index in [2.05, 4.69) is 10.6 Å². The smallest absolute Gasteiger partial charge is 0.262 e. The number of nitrogens with one attached hydrogen (secondary N) is 2. The van der Waals surface area contributed by atoms with Gasteiger partial charge in [0.1, 0.15) is 12.6 Å². The van der Waals surface area contributed by atoms with Gasteiger partial charge in [0, 0.05) is 6.54 Å². The molecule has 1 heterocycles. The fourth-order valence-corrected chi connectivity index (χ4v) is 2.58. The lowest BCUT2D eigenvalue weighted by molar-refractivity contribution is -0.128. The molecule has 1 aliphatic heterocycles. The summed E-state index contributed by atoms with van der Waals surface area (Å²) in [7, 11) is 0. The first-order valence-corrected chi connectivity index (χ1v) is 7.94. The van der Waals surface area contributed by atoms with Gasteiger partial charge in [0.2, 0.25) is 11.8 Å². The minimum Gasteiger partial charge on any atom is -0.355 e. The van der Waals surface area contributed by atoms with E-state index in [1.54, 1.807) is 6.92 Å². The van der Waals surface area contributed by atoms with Crippen LogP contribution in [0.2, 0.25) is 10.0 Å². The van der Waals surface area contributed by atoms with E-state index in [9.17, 15) is 19.2 Å². The molecule has 0 bridgehead atoms. The number of nitrogens with zero attached hydrogens (tertiary/aromatic N) is 1. The Kier molecular flexibility index (Phi) is 5.46. The second-order valence-electron chi connectivity index (χ2n) is 5.19. The van der Waals surface area contributed by atoms with E-state index >= 15 is 0 Å². The van der Waals surface area contributed by atoms with E-state index in [0.29, 0.717) is 6.54 Å². The number of likely N-dealkylation sites (N-methyl/N-ethyl adjacent to an activating group) is 1. The van der Waals surface area contributed by atoms with Crippen LogP contribution in [0.5, 0.6) is 0 Å². The molecule has 0 saturated heterocycles. The quantitative estimate of drug-likeness (QED) is 0.760. The predicted octanol–water partition coefficient (Wildman–Crippen LogP) is 1.23. The number of fused-ring (bicyclic) bond motifs is 1. The molecule has 2 rings (SSSR count). The number of amides is 4. The summed E-state index contributed by atoms with van der Waals surface area (Å²) in [6, 6.07) is 1.82. The van der Waals surface area contributed by atoms with Gasteiger partial charge in [0.25, 0.3) is 11.8 Å². The molecule has 1 atom stereocenters. The highest BCUT2D eigenvalue weighted by Gasteiger charge is 2.37. The molecule has 0 fully saturated rings. The Morgan fingerprint density at radius 1 is 1.12 bits per heavy atom. The van der Waals surface area contributed by atoms with Crippen LogP contribution in [0.25, 0.3) is 0 Å². The summed E-state index contributed by atoms with van der Waals surface area (Å²) in [4.78, 5) is 48.9. The van der Waals surface area contributed by atoms with Crippen LogP contribution in [0.4, 0.5) is 0 Å². The zero-order valence-corrected chi connectivity index (χ0v) is 14.5. The van der Waals surface area contributed by atoms with Crippen molar-refractivity contribution in [3.05, 3.63) is 33.3 Å². The number of benzene rings is 1. The molecule has 7 nitrogen and oxygen atoms in total. The molecule has 0 aromatic heterocycles. The SMILES string of the molecule is CCNC(=O)[C@H](C)NC(=O)CN1C(=O)c2cc(Cl)c(Cl)cc2C1=O. The highest BCUT2D eigenvalue weighted by molar-refractivity contribution is 6.43. The Hall–Kier alpha value is -2.12. The van der Waals surface area contributed by atoms with Crippen molar-refractivity contribution in [2.45, 2.75) is 19.9 Å². The van der Waals surface area contributed by atoms with Gasteiger partial charge in [-0.2, -0.15) is 0 Å². The maximum atomic E-state index is 12.3. The van der Waals surface area contributed by atoms with Crippen molar-refractivity contribution in [2.75, 3.05) is 13.1 Å². The highest BCUT2D eigenvalue weighted by Crippen LogP contribution is 2.31. The number of rotatable bonds is 5. The van der Waals surface area contributed by atoms with Gasteiger partial charge in [-0.1, -0.05) is 23.2 Å². The number of carbonyl (C=O) groups is 4. The molecule has 24 heavy (non-hydrogen) atoms. The van der Waals surface area contributed by atoms with Crippen molar-refractivity contribution in [1.29, 1.82) is 0 Å². The molecule has 4 amide bonds. The molecular weight excluding hydrogens is 357 g/mol. The van der Waals surface area contributed by atoms with Crippen LogP contribution in [0.15, 0.2) is 12.1 Å². The molecule has 9 heteroatoms. The average molecular weight is 372 g/mol. The molecule has 0 spiro atoms. The Morgan fingerprint density at radius 3 is 2.08 bits per heavy atom. The summed E-state index contributed by atoms with van der Waals surface area (Å²) in [6.07, 6.45) is 0. The molecule has 1 aromatic rings. The molecule has 0 unspecified atom stereocenters. The number of carbonyl (C=O) groups excluding carboxylic acids is 4. The van der Waals surface area contributed by atoms with Gasteiger partial charge in [-0.15, -0.1) is 0 Å². The van der Waals surface area contributed by atoms with E-state index in [0.717, 1.165) is 4.90 Å². The Morgan fingerprint density at radius 2 is 1.62 bits per heavy atom. The van der Waals surface area contributed by atoms with Crippen molar-refractivity contribution in [3.8, 4) is 0 Å². The Labute approximate surface area is 148 Å². The summed E-state index contributed by atoms with van der Waals surface area (Å²) in [5.41, 5.74) is 0.193. The second kappa shape index (κ2) is 7.19. The highest BCUT2D eigenvalue weighted by atomic mass is 35.5. The molecule has 128 valence electrons. The van der Waals surface area contributed by atoms with Crippen molar-refractivity contribution in [3.63, 3.8) is 0 Å². The maximum absolute atomic E-state index is 12.3. The third kappa shape index (κ3) is 3.52. The lowest BCUT2D eigenvalue weighted by atomic mass is 10.1. The molecule has 2 N–H and O–H groups in total. The van der Waals surface area contributed by atoms with E-state index in [1.165, 1.54) is 19.1 Å². The molecule has 1 aromatic carbocycles.